The lowest BCUT2D eigenvalue weighted by Gasteiger charge is -2.14. The molecule has 0 amide bonds. The molecule has 0 radical (unpaired) electrons. The fourth-order valence-electron chi connectivity index (χ4n) is 1.40. The first-order chi connectivity index (χ1) is 7.24. The van der Waals surface area contributed by atoms with Crippen molar-refractivity contribution in [2.24, 2.45) is 5.92 Å². The third kappa shape index (κ3) is 4.45. The van der Waals surface area contributed by atoms with Crippen LogP contribution >= 0.6 is 0 Å². The van der Waals surface area contributed by atoms with Gasteiger partial charge >= 0.3 is 0 Å². The van der Waals surface area contributed by atoms with Gasteiger partial charge < -0.3 is 10.4 Å². The maximum atomic E-state index is 9.84. The molecule has 0 aromatic heterocycles. The number of hydrogen-bond donors (Lipinski definition) is 2. The van der Waals surface area contributed by atoms with Crippen LogP contribution in [0.25, 0.3) is 0 Å². The Labute approximate surface area is 92.3 Å². The lowest BCUT2D eigenvalue weighted by Crippen LogP contribution is -2.26. The molecule has 1 aromatic rings. The van der Waals surface area contributed by atoms with Crippen molar-refractivity contribution >= 4 is 0 Å². The van der Waals surface area contributed by atoms with Crippen LogP contribution in [-0.4, -0.2) is 18.2 Å². The SMILES string of the molecule is CCC(C)CNCC(O)c1ccccc1. The van der Waals surface area contributed by atoms with Crippen molar-refractivity contribution in [2.45, 2.75) is 26.4 Å². The largest absolute Gasteiger partial charge is 0.387 e. The summed E-state index contributed by atoms with van der Waals surface area (Å²) in [4.78, 5) is 0. The molecular weight excluding hydrogens is 186 g/mol. The summed E-state index contributed by atoms with van der Waals surface area (Å²) in [7, 11) is 0. The van der Waals surface area contributed by atoms with E-state index in [2.05, 4.69) is 19.2 Å². The Bertz CT molecular complexity index is 260. The van der Waals surface area contributed by atoms with Gasteiger partial charge in [0.05, 0.1) is 6.10 Å². The average molecular weight is 207 g/mol. The molecule has 0 aliphatic heterocycles. The Morgan fingerprint density at radius 1 is 1.20 bits per heavy atom. The molecule has 0 saturated carbocycles. The smallest absolute Gasteiger partial charge is 0.0914 e. The van der Waals surface area contributed by atoms with Crippen LogP contribution in [0.5, 0.6) is 0 Å². The van der Waals surface area contributed by atoms with Crippen LogP contribution in [0.4, 0.5) is 0 Å². The van der Waals surface area contributed by atoms with Gasteiger partial charge in [-0.3, -0.25) is 0 Å². The maximum absolute atomic E-state index is 9.84. The van der Waals surface area contributed by atoms with Crippen molar-refractivity contribution in [3.63, 3.8) is 0 Å². The first-order valence-corrected chi connectivity index (χ1v) is 5.67. The number of nitrogens with one attached hydrogen (secondary N) is 1. The van der Waals surface area contributed by atoms with Gasteiger partial charge in [-0.15, -0.1) is 0 Å². The van der Waals surface area contributed by atoms with Crippen molar-refractivity contribution in [1.29, 1.82) is 0 Å². The molecule has 0 heterocycles. The van der Waals surface area contributed by atoms with Gasteiger partial charge in [0.25, 0.3) is 0 Å². The predicted molar refractivity (Wildman–Crippen MR) is 63.7 cm³/mol. The van der Waals surface area contributed by atoms with Crippen LogP contribution < -0.4 is 5.32 Å². The molecule has 0 spiro atoms. The molecule has 2 N–H and O–H groups in total. The maximum Gasteiger partial charge on any atom is 0.0914 e. The van der Waals surface area contributed by atoms with Crippen LogP contribution in [0.3, 0.4) is 0 Å². The number of aliphatic hydroxyl groups is 1. The second kappa shape index (κ2) is 6.59. The minimum Gasteiger partial charge on any atom is -0.387 e. The van der Waals surface area contributed by atoms with Crippen LogP contribution in [0.2, 0.25) is 0 Å². The van der Waals surface area contributed by atoms with E-state index in [1.165, 1.54) is 6.42 Å². The molecule has 0 saturated heterocycles. The zero-order chi connectivity index (χ0) is 11.1. The van der Waals surface area contributed by atoms with E-state index in [0.717, 1.165) is 12.1 Å². The van der Waals surface area contributed by atoms with Gasteiger partial charge in [-0.25, -0.2) is 0 Å². The molecule has 0 aliphatic rings. The summed E-state index contributed by atoms with van der Waals surface area (Å²) in [6.07, 6.45) is 0.782. The van der Waals surface area contributed by atoms with E-state index in [0.29, 0.717) is 12.5 Å². The van der Waals surface area contributed by atoms with Gasteiger partial charge in [-0.1, -0.05) is 50.6 Å². The first kappa shape index (κ1) is 12.2. The second-order valence-corrected chi connectivity index (χ2v) is 4.10. The predicted octanol–water partition coefficient (Wildman–Crippen LogP) is 2.36. The Kier molecular flexibility index (Phi) is 5.37. The highest BCUT2D eigenvalue weighted by atomic mass is 16.3. The highest BCUT2D eigenvalue weighted by molar-refractivity contribution is 5.17. The quantitative estimate of drug-likeness (QED) is 0.750. The molecule has 0 aliphatic carbocycles. The molecule has 1 aromatic carbocycles. The second-order valence-electron chi connectivity index (χ2n) is 4.10. The van der Waals surface area contributed by atoms with Crippen LogP contribution in [0, 0.1) is 5.92 Å². The molecule has 2 unspecified atom stereocenters. The Balaban J connectivity index is 2.28. The summed E-state index contributed by atoms with van der Waals surface area (Å²) in [5.74, 6) is 0.674. The third-order valence-electron chi connectivity index (χ3n) is 2.71. The minimum absolute atomic E-state index is 0.393. The van der Waals surface area contributed by atoms with E-state index in [9.17, 15) is 5.11 Å². The fourth-order valence-corrected chi connectivity index (χ4v) is 1.40. The highest BCUT2D eigenvalue weighted by Crippen LogP contribution is 2.10. The van der Waals surface area contributed by atoms with Gasteiger partial charge in [-0.2, -0.15) is 0 Å². The molecule has 15 heavy (non-hydrogen) atoms. The van der Waals surface area contributed by atoms with E-state index in [-0.39, 0.29) is 0 Å². The topological polar surface area (TPSA) is 32.3 Å². The van der Waals surface area contributed by atoms with Crippen molar-refractivity contribution in [3.05, 3.63) is 35.9 Å². The average Bonchev–Trinajstić information content (AvgIpc) is 2.29. The van der Waals surface area contributed by atoms with Crippen molar-refractivity contribution < 1.29 is 5.11 Å². The molecule has 84 valence electrons. The van der Waals surface area contributed by atoms with E-state index in [4.69, 9.17) is 0 Å². The fraction of sp³-hybridized carbons (Fsp3) is 0.538. The zero-order valence-corrected chi connectivity index (χ0v) is 9.61. The summed E-state index contributed by atoms with van der Waals surface area (Å²) < 4.78 is 0. The molecule has 2 heteroatoms. The van der Waals surface area contributed by atoms with Gasteiger partial charge in [0, 0.05) is 6.54 Å². The van der Waals surface area contributed by atoms with Crippen molar-refractivity contribution in [2.75, 3.05) is 13.1 Å². The molecule has 1 rings (SSSR count). The zero-order valence-electron chi connectivity index (χ0n) is 9.61. The highest BCUT2D eigenvalue weighted by Gasteiger charge is 2.06. The Morgan fingerprint density at radius 2 is 1.87 bits per heavy atom. The normalized spacial score (nSPS) is 14.9. The number of aliphatic hydroxyl groups excluding tert-OH is 1. The van der Waals surface area contributed by atoms with Crippen molar-refractivity contribution in [3.8, 4) is 0 Å². The van der Waals surface area contributed by atoms with Gasteiger partial charge in [-0.05, 0) is 18.0 Å². The Morgan fingerprint density at radius 3 is 2.47 bits per heavy atom. The van der Waals surface area contributed by atoms with E-state index < -0.39 is 6.10 Å². The van der Waals surface area contributed by atoms with Gasteiger partial charge in [0.2, 0.25) is 0 Å². The minimum atomic E-state index is -0.393. The summed E-state index contributed by atoms with van der Waals surface area (Å²) in [6, 6.07) is 9.77. The lowest BCUT2D eigenvalue weighted by atomic mass is 10.1. The van der Waals surface area contributed by atoms with Crippen LogP contribution in [0.1, 0.15) is 31.9 Å². The molecule has 2 atom stereocenters. The number of benzene rings is 1. The summed E-state index contributed by atoms with van der Waals surface area (Å²) >= 11 is 0. The molecule has 0 fully saturated rings. The van der Waals surface area contributed by atoms with Crippen LogP contribution in [-0.2, 0) is 0 Å². The Hall–Kier alpha value is -0.860. The molecule has 2 nitrogen and oxygen atoms in total. The van der Waals surface area contributed by atoms with Gasteiger partial charge in [0.1, 0.15) is 0 Å². The monoisotopic (exact) mass is 207 g/mol. The standard InChI is InChI=1S/C13H21NO/c1-3-11(2)9-14-10-13(15)12-7-5-4-6-8-12/h4-8,11,13-15H,3,9-10H2,1-2H3. The van der Waals surface area contributed by atoms with E-state index >= 15 is 0 Å². The third-order valence-corrected chi connectivity index (χ3v) is 2.71. The lowest BCUT2D eigenvalue weighted by molar-refractivity contribution is 0.173. The molecular formula is C13H21NO. The molecule has 0 bridgehead atoms. The summed E-state index contributed by atoms with van der Waals surface area (Å²) in [5, 5.41) is 13.1. The number of hydrogen-bond acceptors (Lipinski definition) is 2. The number of rotatable bonds is 6. The first-order valence-electron chi connectivity index (χ1n) is 5.67. The van der Waals surface area contributed by atoms with Crippen molar-refractivity contribution in [1.82, 2.24) is 5.32 Å². The van der Waals surface area contributed by atoms with E-state index in [1.54, 1.807) is 0 Å². The summed E-state index contributed by atoms with van der Waals surface area (Å²) in [6.45, 7) is 6.00. The van der Waals surface area contributed by atoms with Gasteiger partial charge in [0.15, 0.2) is 0 Å². The van der Waals surface area contributed by atoms with E-state index in [1.807, 2.05) is 30.3 Å². The van der Waals surface area contributed by atoms with Crippen LogP contribution in [0.15, 0.2) is 30.3 Å². The summed E-state index contributed by atoms with van der Waals surface area (Å²) in [5.41, 5.74) is 0.981.